The number of aryl methyl sites for hydroxylation is 1. The van der Waals surface area contributed by atoms with Gasteiger partial charge in [0, 0.05) is 13.1 Å². The van der Waals surface area contributed by atoms with Crippen LogP contribution in [-0.2, 0) is 30.3 Å². The molecule has 0 fully saturated rings. The van der Waals surface area contributed by atoms with E-state index in [1.54, 1.807) is 19.1 Å². The summed E-state index contributed by atoms with van der Waals surface area (Å²) in [5.41, 5.74) is 0.842. The number of anilines is 3. The highest BCUT2D eigenvalue weighted by Gasteiger charge is 2.18. The lowest BCUT2D eigenvalue weighted by Crippen LogP contribution is -2.21. The summed E-state index contributed by atoms with van der Waals surface area (Å²) in [6.45, 7) is 1.17. The van der Waals surface area contributed by atoms with E-state index in [2.05, 4.69) is 30.3 Å². The van der Waals surface area contributed by atoms with Gasteiger partial charge >= 0.3 is 0 Å². The molecule has 0 aliphatic heterocycles. The Bertz CT molecular complexity index is 1180. The third kappa shape index (κ3) is 8.97. The molecule has 0 aliphatic carbocycles. The van der Waals surface area contributed by atoms with Crippen LogP contribution in [0.5, 0.6) is 0 Å². The van der Waals surface area contributed by atoms with Crippen LogP contribution in [-0.4, -0.2) is 73.9 Å². The number of hydrogen-bond acceptors (Lipinski definition) is 11. The Morgan fingerprint density at radius 1 is 0.742 bits per heavy atom. The van der Waals surface area contributed by atoms with Gasteiger partial charge in [0.05, 0.1) is 16.4 Å². The quantitative estimate of drug-likeness (QED) is 0.250. The van der Waals surface area contributed by atoms with Crippen LogP contribution in [0.2, 0.25) is 0 Å². The zero-order valence-electron chi connectivity index (χ0n) is 16.0. The first kappa shape index (κ1) is 24.7. The van der Waals surface area contributed by atoms with Crippen molar-refractivity contribution in [1.29, 1.82) is 0 Å². The van der Waals surface area contributed by atoms with Crippen LogP contribution in [0.1, 0.15) is 5.56 Å². The van der Waals surface area contributed by atoms with E-state index in [0.717, 1.165) is 5.56 Å². The second-order valence-electron chi connectivity index (χ2n) is 6.15. The Morgan fingerprint density at radius 3 is 1.58 bits per heavy atom. The minimum absolute atomic E-state index is 0.0692. The zero-order valence-corrected chi connectivity index (χ0v) is 18.5. The van der Waals surface area contributed by atoms with E-state index in [0.29, 0.717) is 0 Å². The molecule has 0 saturated heterocycles. The Hall–Kier alpha value is -2.60. The Morgan fingerprint density at radius 2 is 1.16 bits per heavy atom. The molecule has 0 spiro atoms. The minimum Gasteiger partial charge on any atom is -0.353 e. The van der Waals surface area contributed by atoms with Crippen LogP contribution in [0.25, 0.3) is 0 Å². The van der Waals surface area contributed by atoms with E-state index in [4.69, 9.17) is 9.11 Å². The van der Waals surface area contributed by atoms with Crippen LogP contribution in [0.15, 0.2) is 29.2 Å². The monoisotopic (exact) mass is 496 g/mol. The number of sulfonamides is 1. The maximum atomic E-state index is 12.5. The number of aromatic nitrogens is 3. The Labute approximate surface area is 179 Å². The van der Waals surface area contributed by atoms with Gasteiger partial charge in [-0.25, -0.2) is 13.1 Å². The fourth-order valence-electron chi connectivity index (χ4n) is 2.06. The molecule has 0 radical (unpaired) electrons. The van der Waals surface area contributed by atoms with Gasteiger partial charge in [0.15, 0.2) is 0 Å². The highest BCUT2D eigenvalue weighted by atomic mass is 32.2. The molecular weight excluding hydrogens is 476 g/mol. The van der Waals surface area contributed by atoms with Gasteiger partial charge in [-0.3, -0.25) is 9.11 Å². The number of hydrogen-bond donors (Lipinski definition) is 5. The summed E-state index contributed by atoms with van der Waals surface area (Å²) in [6.07, 6.45) is 0. The maximum absolute atomic E-state index is 12.5. The fraction of sp³-hybridized carbons (Fsp3) is 0.357. The second kappa shape index (κ2) is 9.69. The molecule has 1 aromatic carbocycles. The van der Waals surface area contributed by atoms with Crippen molar-refractivity contribution < 1.29 is 34.4 Å². The van der Waals surface area contributed by atoms with Crippen molar-refractivity contribution in [3.63, 3.8) is 0 Å². The van der Waals surface area contributed by atoms with Crippen LogP contribution < -0.4 is 15.4 Å². The molecule has 1 aromatic heterocycles. The van der Waals surface area contributed by atoms with Gasteiger partial charge in [-0.15, -0.1) is 0 Å². The molecule has 17 heteroatoms. The summed E-state index contributed by atoms with van der Waals surface area (Å²) in [5.74, 6) is -2.30. The lowest BCUT2D eigenvalue weighted by atomic mass is 10.2. The van der Waals surface area contributed by atoms with Crippen molar-refractivity contribution in [3.05, 3.63) is 29.8 Å². The number of rotatable bonds is 11. The molecule has 172 valence electrons. The van der Waals surface area contributed by atoms with E-state index in [-0.39, 0.29) is 29.9 Å². The molecular formula is C14H20N6O8S3. The van der Waals surface area contributed by atoms with Crippen LogP contribution in [0.3, 0.4) is 0 Å². The summed E-state index contributed by atoms with van der Waals surface area (Å²) >= 11 is 0. The average molecular weight is 497 g/mol. The minimum atomic E-state index is -4.27. The average Bonchev–Trinajstić information content (AvgIpc) is 2.59. The normalized spacial score (nSPS) is 12.4. The molecule has 14 nitrogen and oxygen atoms in total. The van der Waals surface area contributed by atoms with Gasteiger partial charge in [0.2, 0.25) is 17.8 Å². The predicted octanol–water partition coefficient (Wildman–Crippen LogP) is -0.420. The first-order valence-electron chi connectivity index (χ1n) is 8.47. The van der Waals surface area contributed by atoms with Gasteiger partial charge in [0.1, 0.15) is 0 Å². The predicted molar refractivity (Wildman–Crippen MR) is 112 cm³/mol. The van der Waals surface area contributed by atoms with Crippen molar-refractivity contribution in [3.8, 4) is 0 Å². The van der Waals surface area contributed by atoms with E-state index >= 15 is 0 Å². The van der Waals surface area contributed by atoms with E-state index in [1.807, 2.05) is 0 Å². The second-order valence-corrected chi connectivity index (χ2v) is 11.0. The van der Waals surface area contributed by atoms with E-state index in [9.17, 15) is 25.3 Å². The summed E-state index contributed by atoms with van der Waals surface area (Å²) in [5, 5.41) is 4.96. The smallest absolute Gasteiger partial charge is 0.266 e. The standard InChI is InChI=1S/C14H20N6O8S3/c1-10-2-4-11(5-3-10)31(27,28)20-14-18-12(15-6-8-29(21,22)23)17-13(19-14)16-7-9-30(24,25)26/h2-5H,6-9H2,1H3,(H,21,22,23)(H,24,25,26)(H3,15,16,17,18,19,20). The molecule has 31 heavy (non-hydrogen) atoms. The van der Waals surface area contributed by atoms with Crippen LogP contribution >= 0.6 is 0 Å². The molecule has 2 aromatic rings. The topological polar surface area (TPSA) is 218 Å². The Balaban J connectivity index is 2.27. The van der Waals surface area contributed by atoms with E-state index in [1.165, 1.54) is 12.1 Å². The third-order valence-corrected chi connectivity index (χ3v) is 6.26. The molecule has 0 amide bonds. The first-order valence-corrected chi connectivity index (χ1v) is 13.2. The van der Waals surface area contributed by atoms with Crippen molar-refractivity contribution >= 4 is 48.1 Å². The summed E-state index contributed by atoms with van der Waals surface area (Å²) in [6, 6.07) is 5.92. The molecule has 0 aliphatic rings. The fourth-order valence-corrected chi connectivity index (χ4v) is 3.72. The third-order valence-electron chi connectivity index (χ3n) is 3.48. The van der Waals surface area contributed by atoms with Crippen LogP contribution in [0, 0.1) is 6.92 Å². The molecule has 0 saturated carbocycles. The molecule has 0 unspecified atom stereocenters. The molecule has 0 atom stereocenters. The molecule has 2 rings (SSSR count). The van der Waals surface area contributed by atoms with Gasteiger partial charge in [-0.1, -0.05) is 17.7 Å². The van der Waals surface area contributed by atoms with Crippen molar-refractivity contribution in [2.45, 2.75) is 11.8 Å². The zero-order chi connectivity index (χ0) is 23.3. The summed E-state index contributed by atoms with van der Waals surface area (Å²) < 4.78 is 88.2. The molecule has 5 N–H and O–H groups in total. The highest BCUT2D eigenvalue weighted by Crippen LogP contribution is 2.16. The van der Waals surface area contributed by atoms with Gasteiger partial charge in [-0.05, 0) is 19.1 Å². The van der Waals surface area contributed by atoms with Crippen LogP contribution in [0.4, 0.5) is 17.8 Å². The first-order chi connectivity index (χ1) is 14.2. The summed E-state index contributed by atoms with van der Waals surface area (Å²) in [4.78, 5) is 11.4. The van der Waals surface area contributed by atoms with E-state index < -0.39 is 47.7 Å². The van der Waals surface area contributed by atoms with Crippen molar-refractivity contribution in [2.24, 2.45) is 0 Å². The van der Waals surface area contributed by atoms with Gasteiger partial charge in [-0.2, -0.15) is 31.8 Å². The maximum Gasteiger partial charge on any atom is 0.266 e. The number of benzene rings is 1. The van der Waals surface area contributed by atoms with Gasteiger partial charge in [0.25, 0.3) is 30.3 Å². The SMILES string of the molecule is Cc1ccc(S(=O)(=O)Nc2nc(NCCS(=O)(=O)O)nc(NCCS(=O)(=O)O)n2)cc1. The number of nitrogens with zero attached hydrogens (tertiary/aromatic N) is 3. The Kier molecular flexibility index (Phi) is 7.71. The van der Waals surface area contributed by atoms with Gasteiger partial charge < -0.3 is 10.6 Å². The molecule has 0 bridgehead atoms. The van der Waals surface area contributed by atoms with Crippen molar-refractivity contribution in [1.82, 2.24) is 15.0 Å². The number of nitrogens with one attached hydrogen (secondary N) is 3. The largest absolute Gasteiger partial charge is 0.353 e. The lowest BCUT2D eigenvalue weighted by Gasteiger charge is -2.11. The lowest BCUT2D eigenvalue weighted by molar-refractivity contribution is 0.481. The molecule has 1 heterocycles. The summed E-state index contributed by atoms with van der Waals surface area (Å²) in [7, 11) is -12.6. The highest BCUT2D eigenvalue weighted by molar-refractivity contribution is 7.92. The van der Waals surface area contributed by atoms with Crippen molar-refractivity contribution in [2.75, 3.05) is 40.0 Å².